The Morgan fingerprint density at radius 1 is 1.38 bits per heavy atom. The first kappa shape index (κ1) is 6.09. The van der Waals surface area contributed by atoms with Gasteiger partial charge in [0.1, 0.15) is 0 Å². The number of nitrogens with zero attached hydrogens (tertiary/aromatic N) is 1. The normalized spacial score (nSPS) is 24.0. The molecule has 1 rings (SSSR count). The van der Waals surface area contributed by atoms with E-state index in [0.717, 1.165) is 12.0 Å². The maximum Gasteiger partial charge on any atom is 0.00891 e. The predicted molar refractivity (Wildman–Crippen MR) is 35.9 cm³/mol. The molecule has 48 valence electrons. The van der Waals surface area contributed by atoms with Crippen LogP contribution >= 0.6 is 0 Å². The Morgan fingerprint density at radius 2 is 1.88 bits per heavy atom. The molecule has 0 spiro atoms. The molecular weight excluding hydrogens is 98.1 g/mol. The molecule has 1 aliphatic rings. The maximum atomic E-state index is 2.30. The topological polar surface area (TPSA) is 3.24 Å². The molecular formula is C7H15N. The van der Waals surface area contributed by atoms with E-state index in [1.807, 2.05) is 0 Å². The Morgan fingerprint density at radius 3 is 2.00 bits per heavy atom. The molecule has 0 radical (unpaired) electrons. The molecule has 1 nitrogen and oxygen atoms in total. The number of hydrogen-bond donors (Lipinski definition) is 0. The van der Waals surface area contributed by atoms with Crippen molar-refractivity contribution in [1.82, 2.24) is 4.90 Å². The minimum atomic E-state index is 0.815. The Hall–Kier alpha value is -0.0400. The molecule has 0 saturated heterocycles. The van der Waals surface area contributed by atoms with Gasteiger partial charge in [-0.3, -0.25) is 0 Å². The Balaban J connectivity index is 2.22. The molecule has 0 heterocycles. The van der Waals surface area contributed by atoms with Gasteiger partial charge in [-0.25, -0.2) is 0 Å². The second-order valence-corrected chi connectivity index (χ2v) is 3.04. The summed E-state index contributed by atoms with van der Waals surface area (Å²) in [6, 6.07) is 0.815. The van der Waals surface area contributed by atoms with Gasteiger partial charge in [0.05, 0.1) is 0 Å². The van der Waals surface area contributed by atoms with Gasteiger partial charge in [-0.2, -0.15) is 0 Å². The molecule has 8 heavy (non-hydrogen) atoms. The van der Waals surface area contributed by atoms with E-state index in [2.05, 4.69) is 25.9 Å². The summed E-state index contributed by atoms with van der Waals surface area (Å²) in [7, 11) is 4.31. The molecule has 0 N–H and O–H groups in total. The van der Waals surface area contributed by atoms with Gasteiger partial charge in [-0.15, -0.1) is 0 Å². The molecule has 0 aliphatic heterocycles. The lowest BCUT2D eigenvalue weighted by Gasteiger charge is -2.18. The summed E-state index contributed by atoms with van der Waals surface area (Å²) >= 11 is 0. The fraction of sp³-hybridized carbons (Fsp3) is 1.00. The van der Waals surface area contributed by atoms with Crippen molar-refractivity contribution in [3.05, 3.63) is 0 Å². The van der Waals surface area contributed by atoms with Crippen LogP contribution in [0.1, 0.15) is 19.8 Å². The molecule has 0 bridgehead atoms. The molecule has 1 atom stereocenters. The van der Waals surface area contributed by atoms with Crippen molar-refractivity contribution in [3.8, 4) is 0 Å². The van der Waals surface area contributed by atoms with Crippen LogP contribution in [0.25, 0.3) is 0 Å². The Labute approximate surface area is 51.7 Å². The van der Waals surface area contributed by atoms with Gasteiger partial charge >= 0.3 is 0 Å². The van der Waals surface area contributed by atoms with Crippen LogP contribution in [0.3, 0.4) is 0 Å². The lowest BCUT2D eigenvalue weighted by Crippen LogP contribution is -2.26. The van der Waals surface area contributed by atoms with Crippen molar-refractivity contribution in [2.75, 3.05) is 14.1 Å². The fourth-order valence-corrected chi connectivity index (χ4v) is 1.00. The third-order valence-electron chi connectivity index (χ3n) is 2.12. The minimum Gasteiger partial charge on any atom is -0.306 e. The zero-order valence-corrected chi connectivity index (χ0v) is 6.02. The Kier molecular flexibility index (Phi) is 1.57. The van der Waals surface area contributed by atoms with Crippen molar-refractivity contribution in [2.24, 2.45) is 5.92 Å². The minimum absolute atomic E-state index is 0.815. The van der Waals surface area contributed by atoms with E-state index in [9.17, 15) is 0 Å². The van der Waals surface area contributed by atoms with Crippen molar-refractivity contribution < 1.29 is 0 Å². The average molecular weight is 113 g/mol. The molecule has 0 aromatic rings. The first-order valence-corrected chi connectivity index (χ1v) is 3.38. The summed E-state index contributed by atoms with van der Waals surface area (Å²) in [5.74, 6) is 1.02. The molecule has 1 heteroatoms. The van der Waals surface area contributed by atoms with Crippen molar-refractivity contribution in [3.63, 3.8) is 0 Å². The van der Waals surface area contributed by atoms with E-state index >= 15 is 0 Å². The maximum absolute atomic E-state index is 2.30. The molecule has 1 fully saturated rings. The largest absolute Gasteiger partial charge is 0.306 e. The summed E-state index contributed by atoms with van der Waals surface area (Å²) in [6.45, 7) is 2.30. The van der Waals surface area contributed by atoms with Crippen LogP contribution in [0, 0.1) is 5.92 Å². The zero-order chi connectivity index (χ0) is 6.15. The van der Waals surface area contributed by atoms with E-state index < -0.39 is 0 Å². The summed E-state index contributed by atoms with van der Waals surface area (Å²) < 4.78 is 0. The highest BCUT2D eigenvalue weighted by atomic mass is 15.1. The highest BCUT2D eigenvalue weighted by Gasteiger charge is 2.28. The van der Waals surface area contributed by atoms with Crippen LogP contribution in [0.5, 0.6) is 0 Å². The third-order valence-corrected chi connectivity index (χ3v) is 2.12. The second kappa shape index (κ2) is 2.06. The van der Waals surface area contributed by atoms with E-state index in [4.69, 9.17) is 0 Å². The molecule has 0 amide bonds. The van der Waals surface area contributed by atoms with Crippen molar-refractivity contribution >= 4 is 0 Å². The monoisotopic (exact) mass is 113 g/mol. The van der Waals surface area contributed by atoms with Crippen LogP contribution in [-0.4, -0.2) is 25.0 Å². The van der Waals surface area contributed by atoms with Crippen LogP contribution in [-0.2, 0) is 0 Å². The van der Waals surface area contributed by atoms with Gasteiger partial charge in [0.25, 0.3) is 0 Å². The fourth-order valence-electron chi connectivity index (χ4n) is 1.00. The summed E-state index contributed by atoms with van der Waals surface area (Å²) in [5, 5.41) is 0. The smallest absolute Gasteiger partial charge is 0.00891 e. The number of rotatable bonds is 2. The van der Waals surface area contributed by atoms with Gasteiger partial charge in [0.15, 0.2) is 0 Å². The van der Waals surface area contributed by atoms with Crippen LogP contribution < -0.4 is 0 Å². The highest BCUT2D eigenvalue weighted by Crippen LogP contribution is 2.33. The standard InChI is InChI=1S/C7H15N/c1-6(8(2)3)7-4-5-7/h6-7H,4-5H2,1-3H3. The van der Waals surface area contributed by atoms with Crippen LogP contribution in [0.15, 0.2) is 0 Å². The van der Waals surface area contributed by atoms with Crippen molar-refractivity contribution in [1.29, 1.82) is 0 Å². The van der Waals surface area contributed by atoms with E-state index in [-0.39, 0.29) is 0 Å². The van der Waals surface area contributed by atoms with Gasteiger partial charge in [-0.1, -0.05) is 0 Å². The van der Waals surface area contributed by atoms with Crippen molar-refractivity contribution in [2.45, 2.75) is 25.8 Å². The summed E-state index contributed by atoms with van der Waals surface area (Å²) in [5.41, 5.74) is 0. The first-order valence-electron chi connectivity index (χ1n) is 3.38. The summed E-state index contributed by atoms with van der Waals surface area (Å²) in [4.78, 5) is 2.30. The van der Waals surface area contributed by atoms with Gasteiger partial charge < -0.3 is 4.90 Å². The van der Waals surface area contributed by atoms with Crippen LogP contribution in [0.4, 0.5) is 0 Å². The molecule has 1 saturated carbocycles. The molecule has 0 aromatic carbocycles. The van der Waals surface area contributed by atoms with E-state index in [1.165, 1.54) is 12.8 Å². The zero-order valence-electron chi connectivity index (χ0n) is 6.02. The van der Waals surface area contributed by atoms with Gasteiger partial charge in [0, 0.05) is 6.04 Å². The quantitative estimate of drug-likeness (QED) is 0.522. The third kappa shape index (κ3) is 1.22. The van der Waals surface area contributed by atoms with Crippen LogP contribution in [0.2, 0.25) is 0 Å². The van der Waals surface area contributed by atoms with Gasteiger partial charge in [-0.05, 0) is 39.8 Å². The lowest BCUT2D eigenvalue weighted by molar-refractivity contribution is 0.285. The van der Waals surface area contributed by atoms with E-state index in [0.29, 0.717) is 0 Å². The average Bonchev–Trinajstić information content (AvgIpc) is 2.43. The second-order valence-electron chi connectivity index (χ2n) is 3.04. The number of hydrogen-bond acceptors (Lipinski definition) is 1. The highest BCUT2D eigenvalue weighted by molar-refractivity contribution is 4.82. The summed E-state index contributed by atoms with van der Waals surface area (Å²) in [6.07, 6.45) is 2.92. The molecule has 1 unspecified atom stereocenters. The lowest BCUT2D eigenvalue weighted by atomic mass is 10.2. The predicted octanol–water partition coefficient (Wildman–Crippen LogP) is 1.35. The molecule has 0 aromatic heterocycles. The molecule has 1 aliphatic carbocycles. The SMILES string of the molecule is CC(C1CC1)N(C)C. The Bertz CT molecular complexity index is 72.5. The first-order chi connectivity index (χ1) is 3.72. The van der Waals surface area contributed by atoms with Gasteiger partial charge in [0.2, 0.25) is 0 Å². The van der Waals surface area contributed by atoms with E-state index in [1.54, 1.807) is 0 Å².